The smallest absolute Gasteiger partial charge is 0.239 e. The van der Waals surface area contributed by atoms with E-state index >= 15 is 0 Å². The van der Waals surface area contributed by atoms with Crippen LogP contribution in [-0.4, -0.2) is 47.8 Å². The Balaban J connectivity index is 1.86. The number of hydrogen-bond donors (Lipinski definition) is 1. The van der Waals surface area contributed by atoms with Crippen molar-refractivity contribution in [1.82, 2.24) is 9.80 Å². The highest BCUT2D eigenvalue weighted by molar-refractivity contribution is 5.82. The first-order valence-corrected chi connectivity index (χ1v) is 7.28. The third kappa shape index (κ3) is 3.85. The molecule has 21 heavy (non-hydrogen) atoms. The Bertz CT molecular complexity index is 478. The molecule has 1 aliphatic heterocycles. The van der Waals surface area contributed by atoms with Gasteiger partial charge in [-0.1, -0.05) is 0 Å². The molecule has 0 aliphatic carbocycles. The highest BCUT2D eigenvalue weighted by Crippen LogP contribution is 2.18. The lowest BCUT2D eigenvalue weighted by atomic mass is 9.96. The molecule has 1 aromatic heterocycles. The summed E-state index contributed by atoms with van der Waals surface area (Å²) in [4.78, 5) is 27.5. The van der Waals surface area contributed by atoms with Crippen molar-refractivity contribution in [3.05, 3.63) is 24.2 Å². The number of nitrogens with zero attached hydrogens (tertiary/aromatic N) is 2. The predicted octanol–water partition coefficient (Wildman–Crippen LogP) is 0.824. The van der Waals surface area contributed by atoms with Crippen LogP contribution in [0, 0.1) is 5.92 Å². The number of hydrogen-bond acceptors (Lipinski definition) is 4. The number of likely N-dealkylation sites (N-methyl/N-ethyl adjacent to an activating group) is 1. The molecule has 1 fully saturated rings. The van der Waals surface area contributed by atoms with Crippen LogP contribution in [0.5, 0.6) is 0 Å². The fraction of sp³-hybridized carbons (Fsp3) is 0.600. The van der Waals surface area contributed by atoms with Crippen LogP contribution >= 0.6 is 0 Å². The van der Waals surface area contributed by atoms with E-state index in [9.17, 15) is 9.59 Å². The Morgan fingerprint density at radius 3 is 2.67 bits per heavy atom. The second-order valence-corrected chi connectivity index (χ2v) is 5.72. The molecule has 6 heteroatoms. The molecule has 1 aromatic rings. The van der Waals surface area contributed by atoms with Gasteiger partial charge in [0.25, 0.3) is 0 Å². The summed E-state index contributed by atoms with van der Waals surface area (Å²) in [6.45, 7) is 3.79. The number of carbonyl (C=O) groups is 2. The van der Waals surface area contributed by atoms with Gasteiger partial charge in [-0.15, -0.1) is 0 Å². The van der Waals surface area contributed by atoms with E-state index in [-0.39, 0.29) is 23.8 Å². The van der Waals surface area contributed by atoms with Gasteiger partial charge in [0.15, 0.2) is 0 Å². The second-order valence-electron chi connectivity index (χ2n) is 5.72. The lowest BCUT2D eigenvalue weighted by Gasteiger charge is -2.34. The molecule has 0 radical (unpaired) electrons. The molecular weight excluding hydrogens is 270 g/mol. The first-order chi connectivity index (χ1) is 9.99. The number of amides is 2. The van der Waals surface area contributed by atoms with E-state index in [1.165, 1.54) is 0 Å². The molecule has 1 aliphatic rings. The average molecular weight is 293 g/mol. The van der Waals surface area contributed by atoms with Gasteiger partial charge >= 0.3 is 0 Å². The van der Waals surface area contributed by atoms with Gasteiger partial charge in [-0.25, -0.2) is 0 Å². The molecule has 1 saturated heterocycles. The molecule has 2 heterocycles. The predicted molar refractivity (Wildman–Crippen MR) is 78.1 cm³/mol. The van der Waals surface area contributed by atoms with Crippen molar-refractivity contribution in [3.63, 3.8) is 0 Å². The van der Waals surface area contributed by atoms with Crippen LogP contribution in [0.3, 0.4) is 0 Å². The summed E-state index contributed by atoms with van der Waals surface area (Å²) in [5.74, 6) is -0.246. The van der Waals surface area contributed by atoms with Crippen molar-refractivity contribution in [1.29, 1.82) is 0 Å². The Morgan fingerprint density at radius 2 is 2.14 bits per heavy atom. The normalized spacial score (nSPS) is 18.0. The zero-order valence-corrected chi connectivity index (χ0v) is 12.6. The highest BCUT2D eigenvalue weighted by Gasteiger charge is 2.29. The minimum absolute atomic E-state index is 0.0898. The van der Waals surface area contributed by atoms with Crippen LogP contribution in [0.2, 0.25) is 0 Å². The SMILES string of the molecule is CC(C(=O)N1CCC(C(N)=O)CC1)N(C)Cc1ccoc1. The maximum atomic E-state index is 12.5. The largest absolute Gasteiger partial charge is 0.472 e. The molecule has 1 unspecified atom stereocenters. The number of piperidine rings is 1. The van der Waals surface area contributed by atoms with Gasteiger partial charge < -0.3 is 15.1 Å². The van der Waals surface area contributed by atoms with E-state index in [0.717, 1.165) is 5.56 Å². The third-order valence-electron chi connectivity index (χ3n) is 4.24. The molecule has 0 bridgehead atoms. The van der Waals surface area contributed by atoms with Gasteiger partial charge in [-0.05, 0) is 32.9 Å². The maximum absolute atomic E-state index is 12.5. The van der Waals surface area contributed by atoms with Crippen molar-refractivity contribution in [2.24, 2.45) is 11.7 Å². The second kappa shape index (κ2) is 6.76. The standard InChI is InChI=1S/C15H23N3O3/c1-11(17(2)9-12-5-8-21-10-12)15(20)18-6-3-13(4-7-18)14(16)19/h5,8,10-11,13H,3-4,6-7,9H2,1-2H3,(H2,16,19). The Kier molecular flexibility index (Phi) is 5.01. The lowest BCUT2D eigenvalue weighted by molar-refractivity contribution is -0.139. The number of nitrogens with two attached hydrogens (primary N) is 1. The highest BCUT2D eigenvalue weighted by atomic mass is 16.3. The van der Waals surface area contributed by atoms with E-state index in [1.807, 2.05) is 29.8 Å². The fourth-order valence-corrected chi connectivity index (χ4v) is 2.64. The van der Waals surface area contributed by atoms with Crippen LogP contribution < -0.4 is 5.73 Å². The number of rotatable bonds is 5. The summed E-state index contributed by atoms with van der Waals surface area (Å²) in [5.41, 5.74) is 6.36. The minimum atomic E-state index is -0.257. The van der Waals surface area contributed by atoms with Crippen LogP contribution in [0.1, 0.15) is 25.3 Å². The van der Waals surface area contributed by atoms with Crippen LogP contribution in [-0.2, 0) is 16.1 Å². The minimum Gasteiger partial charge on any atom is -0.472 e. The molecule has 6 nitrogen and oxygen atoms in total. The first kappa shape index (κ1) is 15.6. The zero-order chi connectivity index (χ0) is 15.4. The van der Waals surface area contributed by atoms with E-state index in [2.05, 4.69) is 0 Å². The summed E-state index contributed by atoms with van der Waals surface area (Å²) >= 11 is 0. The molecule has 0 spiro atoms. The summed E-state index contributed by atoms with van der Waals surface area (Å²) in [5, 5.41) is 0. The van der Waals surface area contributed by atoms with Crippen molar-refractivity contribution < 1.29 is 14.0 Å². The molecule has 0 aromatic carbocycles. The van der Waals surface area contributed by atoms with Crippen LogP contribution in [0.25, 0.3) is 0 Å². The summed E-state index contributed by atoms with van der Waals surface area (Å²) in [7, 11) is 1.92. The fourth-order valence-electron chi connectivity index (χ4n) is 2.64. The van der Waals surface area contributed by atoms with Gasteiger partial charge in [0, 0.05) is 31.1 Å². The van der Waals surface area contributed by atoms with Crippen molar-refractivity contribution in [2.45, 2.75) is 32.4 Å². The Morgan fingerprint density at radius 1 is 1.48 bits per heavy atom. The van der Waals surface area contributed by atoms with E-state index < -0.39 is 0 Å². The maximum Gasteiger partial charge on any atom is 0.239 e. The van der Waals surface area contributed by atoms with Crippen LogP contribution in [0.4, 0.5) is 0 Å². The number of primary amides is 1. The molecule has 1 atom stereocenters. The third-order valence-corrected chi connectivity index (χ3v) is 4.24. The molecule has 2 amide bonds. The molecule has 116 valence electrons. The van der Waals surface area contributed by atoms with Crippen molar-refractivity contribution in [3.8, 4) is 0 Å². The number of furan rings is 1. The van der Waals surface area contributed by atoms with E-state index in [4.69, 9.17) is 10.2 Å². The van der Waals surface area contributed by atoms with Gasteiger partial charge in [-0.3, -0.25) is 14.5 Å². The van der Waals surface area contributed by atoms with Gasteiger partial charge in [-0.2, -0.15) is 0 Å². The molecule has 2 N–H and O–H groups in total. The molecular formula is C15H23N3O3. The van der Waals surface area contributed by atoms with Gasteiger partial charge in [0.05, 0.1) is 18.6 Å². The quantitative estimate of drug-likeness (QED) is 0.872. The van der Waals surface area contributed by atoms with Crippen molar-refractivity contribution >= 4 is 11.8 Å². The number of carbonyl (C=O) groups excluding carboxylic acids is 2. The Labute approximate surface area is 124 Å². The number of likely N-dealkylation sites (tertiary alicyclic amines) is 1. The monoisotopic (exact) mass is 293 g/mol. The zero-order valence-electron chi connectivity index (χ0n) is 12.6. The summed E-state index contributed by atoms with van der Waals surface area (Å²) < 4.78 is 5.04. The topological polar surface area (TPSA) is 79.8 Å². The lowest BCUT2D eigenvalue weighted by Crippen LogP contribution is -2.49. The molecule has 2 rings (SSSR count). The first-order valence-electron chi connectivity index (χ1n) is 7.28. The Hall–Kier alpha value is -1.82. The molecule has 0 saturated carbocycles. The average Bonchev–Trinajstić information content (AvgIpc) is 2.98. The van der Waals surface area contributed by atoms with E-state index in [1.54, 1.807) is 12.5 Å². The van der Waals surface area contributed by atoms with Gasteiger partial charge in [0.2, 0.25) is 11.8 Å². The van der Waals surface area contributed by atoms with Gasteiger partial charge in [0.1, 0.15) is 0 Å². The summed E-state index contributed by atoms with van der Waals surface area (Å²) in [6.07, 6.45) is 4.65. The van der Waals surface area contributed by atoms with Crippen molar-refractivity contribution in [2.75, 3.05) is 20.1 Å². The van der Waals surface area contributed by atoms with E-state index in [0.29, 0.717) is 32.5 Å². The summed E-state index contributed by atoms with van der Waals surface area (Å²) in [6, 6.07) is 1.69. The van der Waals surface area contributed by atoms with Crippen LogP contribution in [0.15, 0.2) is 23.0 Å².